The van der Waals surface area contributed by atoms with Crippen LogP contribution in [0.25, 0.3) is 0 Å². The van der Waals surface area contributed by atoms with Gasteiger partial charge in [-0.15, -0.1) is 5.06 Å². The number of hydrogen-bond donors (Lipinski definition) is 2. The van der Waals surface area contributed by atoms with Crippen LogP contribution in [0, 0.1) is 0 Å². The average Bonchev–Trinajstić information content (AvgIpc) is 2.29. The summed E-state index contributed by atoms with van der Waals surface area (Å²) in [6.45, 7) is 8.06. The third-order valence-corrected chi connectivity index (χ3v) is 2.77. The number of hydrogen-bond acceptors (Lipinski definition) is 5. The zero-order valence-electron chi connectivity index (χ0n) is 10.7. The van der Waals surface area contributed by atoms with Crippen molar-refractivity contribution in [3.8, 4) is 0 Å². The smallest absolute Gasteiger partial charge is 0.354 e. The van der Waals surface area contributed by atoms with Gasteiger partial charge in [-0.1, -0.05) is 6.58 Å². The van der Waals surface area contributed by atoms with E-state index in [9.17, 15) is 9.36 Å². The molecule has 0 aromatic carbocycles. The highest BCUT2D eigenvalue weighted by Gasteiger charge is 2.15. The van der Waals surface area contributed by atoms with E-state index in [4.69, 9.17) is 19.4 Å². The van der Waals surface area contributed by atoms with Crippen molar-refractivity contribution in [1.82, 2.24) is 5.06 Å². The lowest BCUT2D eigenvalue weighted by Gasteiger charge is -2.17. The SMILES string of the molecule is C=C(COCCP(=O)(O)O)C(=O)ON(CC)CC. The van der Waals surface area contributed by atoms with Gasteiger partial charge in [-0.3, -0.25) is 4.57 Å². The van der Waals surface area contributed by atoms with Gasteiger partial charge in [0.2, 0.25) is 0 Å². The van der Waals surface area contributed by atoms with Gasteiger partial charge in [-0.2, -0.15) is 0 Å². The molecule has 0 fully saturated rings. The number of hydroxylamine groups is 2. The lowest BCUT2D eigenvalue weighted by molar-refractivity contribution is -0.184. The zero-order valence-corrected chi connectivity index (χ0v) is 11.6. The van der Waals surface area contributed by atoms with E-state index < -0.39 is 13.6 Å². The van der Waals surface area contributed by atoms with Crippen molar-refractivity contribution in [2.75, 3.05) is 32.5 Å². The lowest BCUT2D eigenvalue weighted by atomic mass is 10.3. The van der Waals surface area contributed by atoms with E-state index in [2.05, 4.69) is 6.58 Å². The van der Waals surface area contributed by atoms with Crippen LogP contribution in [-0.2, 0) is 18.9 Å². The van der Waals surface area contributed by atoms with Gasteiger partial charge in [0, 0.05) is 13.1 Å². The molecule has 0 saturated carbocycles. The number of carbonyl (C=O) groups excluding carboxylic acids is 1. The van der Waals surface area contributed by atoms with Crippen LogP contribution in [0.2, 0.25) is 0 Å². The number of carbonyl (C=O) groups is 1. The molecule has 0 aromatic rings. The summed E-state index contributed by atoms with van der Waals surface area (Å²) in [6, 6.07) is 0. The van der Waals surface area contributed by atoms with Crippen LogP contribution >= 0.6 is 7.60 Å². The van der Waals surface area contributed by atoms with Gasteiger partial charge in [0.15, 0.2) is 0 Å². The fourth-order valence-corrected chi connectivity index (χ4v) is 1.34. The maximum Gasteiger partial charge on any atom is 0.354 e. The van der Waals surface area contributed by atoms with Gasteiger partial charge in [0.25, 0.3) is 0 Å². The Bertz CT molecular complexity index is 322. The van der Waals surface area contributed by atoms with E-state index in [1.54, 1.807) is 0 Å². The molecule has 0 atom stereocenters. The van der Waals surface area contributed by atoms with Gasteiger partial charge in [0.05, 0.1) is 24.9 Å². The molecule has 2 N–H and O–H groups in total. The monoisotopic (exact) mass is 281 g/mol. The number of ether oxygens (including phenoxy) is 1. The van der Waals surface area contributed by atoms with Gasteiger partial charge >= 0.3 is 13.6 Å². The first-order valence-electron chi connectivity index (χ1n) is 5.57. The number of rotatable bonds is 9. The van der Waals surface area contributed by atoms with E-state index in [-0.39, 0.29) is 24.9 Å². The Labute approximate surface area is 106 Å². The van der Waals surface area contributed by atoms with Gasteiger partial charge in [0.1, 0.15) is 0 Å². The molecule has 0 saturated heterocycles. The molecule has 0 bridgehead atoms. The summed E-state index contributed by atoms with van der Waals surface area (Å²) in [5.74, 6) is -0.602. The van der Waals surface area contributed by atoms with Crippen molar-refractivity contribution in [3.05, 3.63) is 12.2 Å². The highest BCUT2D eigenvalue weighted by atomic mass is 31.2. The molecule has 7 nitrogen and oxygen atoms in total. The fraction of sp³-hybridized carbons (Fsp3) is 0.700. The quantitative estimate of drug-likeness (QED) is 0.275. The molecule has 106 valence electrons. The first-order chi connectivity index (χ1) is 8.30. The summed E-state index contributed by atoms with van der Waals surface area (Å²) in [5.41, 5.74) is 0.104. The van der Waals surface area contributed by atoms with Gasteiger partial charge in [-0.25, -0.2) is 4.79 Å². The largest absolute Gasteiger partial charge is 0.376 e. The van der Waals surface area contributed by atoms with Gasteiger partial charge < -0.3 is 19.4 Å². The summed E-state index contributed by atoms with van der Waals surface area (Å²) in [4.78, 5) is 33.6. The highest BCUT2D eigenvalue weighted by Crippen LogP contribution is 2.33. The van der Waals surface area contributed by atoms with Crippen LogP contribution in [0.4, 0.5) is 0 Å². The van der Waals surface area contributed by atoms with Crippen molar-refractivity contribution in [3.63, 3.8) is 0 Å². The van der Waals surface area contributed by atoms with E-state index in [1.165, 1.54) is 5.06 Å². The fourth-order valence-electron chi connectivity index (χ4n) is 0.972. The van der Waals surface area contributed by atoms with Crippen LogP contribution in [0.15, 0.2) is 12.2 Å². The van der Waals surface area contributed by atoms with Crippen LogP contribution in [0.1, 0.15) is 13.8 Å². The molecule has 18 heavy (non-hydrogen) atoms. The van der Waals surface area contributed by atoms with Crippen molar-refractivity contribution in [1.29, 1.82) is 0 Å². The van der Waals surface area contributed by atoms with Crippen LogP contribution in [-0.4, -0.2) is 53.3 Å². The molecule has 0 aliphatic carbocycles. The summed E-state index contributed by atoms with van der Waals surface area (Å²) in [6.07, 6.45) is -0.384. The maximum absolute atomic E-state index is 11.5. The van der Waals surface area contributed by atoms with E-state index in [0.29, 0.717) is 13.1 Å². The Morgan fingerprint density at radius 2 is 1.89 bits per heavy atom. The highest BCUT2D eigenvalue weighted by molar-refractivity contribution is 7.51. The Kier molecular flexibility index (Phi) is 8.06. The molecule has 0 radical (unpaired) electrons. The molecular weight excluding hydrogens is 261 g/mol. The standard InChI is InChI=1S/C10H20NO6P/c1-4-11(5-2)17-10(12)9(3)8-16-6-7-18(13,14)15/h3-8H2,1-2H3,(H2,13,14,15). The topological polar surface area (TPSA) is 96.3 Å². The molecule has 8 heteroatoms. The normalized spacial score (nSPS) is 11.6. The van der Waals surface area contributed by atoms with Crippen molar-refractivity contribution in [2.45, 2.75) is 13.8 Å². The summed E-state index contributed by atoms with van der Waals surface area (Å²) in [7, 11) is -4.06. The molecule has 0 spiro atoms. The predicted octanol–water partition coefficient (Wildman–Crippen LogP) is 0.537. The molecule has 0 unspecified atom stereocenters. The average molecular weight is 281 g/mol. The van der Waals surface area contributed by atoms with E-state index >= 15 is 0 Å². The second-order valence-electron chi connectivity index (χ2n) is 3.54. The Morgan fingerprint density at radius 3 is 2.33 bits per heavy atom. The Morgan fingerprint density at radius 1 is 1.33 bits per heavy atom. The first kappa shape index (κ1) is 17.3. The minimum Gasteiger partial charge on any atom is -0.376 e. The third-order valence-electron chi connectivity index (χ3n) is 2.01. The lowest BCUT2D eigenvalue weighted by Crippen LogP contribution is -2.28. The minimum atomic E-state index is -4.06. The molecule has 0 amide bonds. The number of nitrogens with zero attached hydrogens (tertiary/aromatic N) is 1. The predicted molar refractivity (Wildman–Crippen MR) is 65.9 cm³/mol. The Hall–Kier alpha value is -0.720. The summed E-state index contributed by atoms with van der Waals surface area (Å²) in [5, 5.41) is 1.46. The molecule has 0 aliphatic heterocycles. The second-order valence-corrected chi connectivity index (χ2v) is 5.31. The minimum absolute atomic E-state index is 0.104. The van der Waals surface area contributed by atoms with Crippen molar-refractivity contribution in [2.24, 2.45) is 0 Å². The molecule has 0 aliphatic rings. The van der Waals surface area contributed by atoms with Crippen molar-refractivity contribution >= 4 is 13.6 Å². The second kappa shape index (κ2) is 8.39. The van der Waals surface area contributed by atoms with Crippen LogP contribution in [0.3, 0.4) is 0 Å². The molecular formula is C10H20NO6P. The summed E-state index contributed by atoms with van der Waals surface area (Å²) >= 11 is 0. The van der Waals surface area contributed by atoms with E-state index in [1.807, 2.05) is 13.8 Å². The van der Waals surface area contributed by atoms with Gasteiger partial charge in [-0.05, 0) is 13.8 Å². The molecule has 0 heterocycles. The molecule has 0 rings (SSSR count). The third kappa shape index (κ3) is 8.38. The van der Waals surface area contributed by atoms with Crippen molar-refractivity contribution < 1.29 is 28.7 Å². The zero-order chi connectivity index (χ0) is 14.2. The van der Waals surface area contributed by atoms with Crippen LogP contribution in [0.5, 0.6) is 0 Å². The van der Waals surface area contributed by atoms with E-state index in [0.717, 1.165) is 0 Å². The Balaban J connectivity index is 3.88. The van der Waals surface area contributed by atoms with Crippen LogP contribution < -0.4 is 0 Å². The maximum atomic E-state index is 11.5. The molecule has 0 aromatic heterocycles. The summed E-state index contributed by atoms with van der Waals surface area (Å²) < 4.78 is 15.5. The first-order valence-corrected chi connectivity index (χ1v) is 7.37.